The van der Waals surface area contributed by atoms with E-state index in [4.69, 9.17) is 9.47 Å². The molecule has 0 aliphatic carbocycles. The quantitative estimate of drug-likeness (QED) is 0.587. The van der Waals surface area contributed by atoms with Gasteiger partial charge in [0, 0.05) is 17.7 Å². The van der Waals surface area contributed by atoms with Crippen LogP contribution in [0.15, 0.2) is 72.8 Å². The third kappa shape index (κ3) is 5.86. The zero-order valence-electron chi connectivity index (χ0n) is 17.9. The lowest BCUT2D eigenvalue weighted by atomic mass is 10.1. The van der Waals surface area contributed by atoms with Gasteiger partial charge in [0.2, 0.25) is 0 Å². The van der Waals surface area contributed by atoms with Gasteiger partial charge in [-0.2, -0.15) is 0 Å². The van der Waals surface area contributed by atoms with Gasteiger partial charge in [0.15, 0.2) is 0 Å². The number of halogens is 1. The Labute approximate surface area is 187 Å². The fourth-order valence-corrected chi connectivity index (χ4v) is 3.68. The lowest BCUT2D eigenvalue weighted by Crippen LogP contribution is -2.41. The van der Waals surface area contributed by atoms with Crippen molar-refractivity contribution >= 4 is 6.03 Å². The number of benzene rings is 3. The summed E-state index contributed by atoms with van der Waals surface area (Å²) in [5, 5.41) is 3.00. The molecule has 0 aromatic heterocycles. The van der Waals surface area contributed by atoms with Gasteiger partial charge in [-0.3, -0.25) is 0 Å². The minimum atomic E-state index is -0.267. The van der Waals surface area contributed by atoms with E-state index in [9.17, 15) is 9.18 Å². The van der Waals surface area contributed by atoms with Gasteiger partial charge in [-0.15, -0.1) is 0 Å². The van der Waals surface area contributed by atoms with Gasteiger partial charge in [0.1, 0.15) is 18.2 Å². The van der Waals surface area contributed by atoms with Gasteiger partial charge in [-0.25, -0.2) is 9.18 Å². The summed E-state index contributed by atoms with van der Waals surface area (Å²) in [5.41, 5.74) is 3.61. The highest BCUT2D eigenvalue weighted by Crippen LogP contribution is 2.25. The van der Waals surface area contributed by atoms with Gasteiger partial charge >= 0.3 is 6.03 Å². The van der Waals surface area contributed by atoms with E-state index in [1.54, 1.807) is 23.1 Å². The average molecular weight is 435 g/mol. The number of ether oxygens (including phenoxy) is 2. The molecule has 32 heavy (non-hydrogen) atoms. The number of amides is 2. The number of nitrogens with one attached hydrogen (secondary N) is 1. The highest BCUT2D eigenvalue weighted by Gasteiger charge is 2.20. The van der Waals surface area contributed by atoms with E-state index in [-0.39, 0.29) is 18.5 Å². The summed E-state index contributed by atoms with van der Waals surface area (Å²) < 4.78 is 25.3. The Balaban J connectivity index is 1.32. The SMILES string of the molecule is O=C(NCCc1ccccc1)N1CCOc2ccc(COCc3ccccc3F)cc2C1. The standard InChI is InChI=1S/C26H27FN2O3/c27-24-9-5-4-8-22(24)19-31-18-21-10-11-25-23(16-21)17-29(14-15-32-25)26(30)28-13-12-20-6-2-1-3-7-20/h1-11,16H,12-15,17-19H2,(H,28,30). The predicted molar refractivity (Wildman–Crippen MR) is 121 cm³/mol. The molecular formula is C26H27FN2O3. The van der Waals surface area contributed by atoms with Crippen LogP contribution >= 0.6 is 0 Å². The third-order valence-corrected chi connectivity index (χ3v) is 5.41. The van der Waals surface area contributed by atoms with E-state index in [2.05, 4.69) is 17.4 Å². The van der Waals surface area contributed by atoms with E-state index in [0.717, 1.165) is 23.3 Å². The van der Waals surface area contributed by atoms with Crippen molar-refractivity contribution in [3.8, 4) is 5.75 Å². The van der Waals surface area contributed by atoms with Crippen LogP contribution in [0.3, 0.4) is 0 Å². The second-order valence-corrected chi connectivity index (χ2v) is 7.76. The van der Waals surface area contributed by atoms with Crippen LogP contribution in [0.25, 0.3) is 0 Å². The molecule has 3 aromatic carbocycles. The predicted octanol–water partition coefficient (Wildman–Crippen LogP) is 4.69. The Morgan fingerprint density at radius 1 is 1.00 bits per heavy atom. The summed E-state index contributed by atoms with van der Waals surface area (Å²) in [6, 6.07) is 22.4. The van der Waals surface area contributed by atoms with Crippen molar-refractivity contribution in [2.45, 2.75) is 26.2 Å². The van der Waals surface area contributed by atoms with Crippen LogP contribution in [0.2, 0.25) is 0 Å². The number of hydrogen-bond acceptors (Lipinski definition) is 3. The van der Waals surface area contributed by atoms with Crippen molar-refractivity contribution < 1.29 is 18.7 Å². The smallest absolute Gasteiger partial charge is 0.317 e. The molecule has 5 nitrogen and oxygen atoms in total. The van der Waals surface area contributed by atoms with E-state index in [1.807, 2.05) is 36.4 Å². The van der Waals surface area contributed by atoms with Crippen LogP contribution in [-0.2, 0) is 30.9 Å². The number of fused-ring (bicyclic) bond motifs is 1. The molecule has 1 aliphatic heterocycles. The molecule has 0 spiro atoms. The van der Waals surface area contributed by atoms with Gasteiger partial charge in [-0.1, -0.05) is 54.6 Å². The molecule has 1 heterocycles. The lowest BCUT2D eigenvalue weighted by molar-refractivity contribution is 0.105. The molecule has 3 aromatic rings. The Kier molecular flexibility index (Phi) is 7.35. The molecule has 0 saturated carbocycles. The first-order valence-corrected chi connectivity index (χ1v) is 10.8. The van der Waals surface area contributed by atoms with Crippen molar-refractivity contribution in [1.82, 2.24) is 10.2 Å². The van der Waals surface area contributed by atoms with Crippen LogP contribution in [0.1, 0.15) is 22.3 Å². The maximum Gasteiger partial charge on any atom is 0.317 e. The van der Waals surface area contributed by atoms with E-state index in [1.165, 1.54) is 11.6 Å². The Morgan fingerprint density at radius 2 is 1.81 bits per heavy atom. The molecule has 0 atom stereocenters. The van der Waals surface area contributed by atoms with Crippen LogP contribution in [0.5, 0.6) is 5.75 Å². The Morgan fingerprint density at radius 3 is 2.66 bits per heavy atom. The van der Waals surface area contributed by atoms with Crippen molar-refractivity contribution in [1.29, 1.82) is 0 Å². The summed E-state index contributed by atoms with van der Waals surface area (Å²) in [5.74, 6) is 0.513. The topological polar surface area (TPSA) is 50.8 Å². The number of urea groups is 1. The summed E-state index contributed by atoms with van der Waals surface area (Å²) in [6.45, 7) is 2.57. The molecule has 166 valence electrons. The van der Waals surface area contributed by atoms with Gasteiger partial charge in [-0.05, 0) is 35.7 Å². The van der Waals surface area contributed by atoms with Crippen molar-refractivity contribution in [3.63, 3.8) is 0 Å². The molecule has 6 heteroatoms. The Hall–Kier alpha value is -3.38. The van der Waals surface area contributed by atoms with Crippen LogP contribution in [0.4, 0.5) is 9.18 Å². The molecule has 0 unspecified atom stereocenters. The zero-order valence-corrected chi connectivity index (χ0v) is 17.9. The number of nitrogens with zero attached hydrogens (tertiary/aromatic N) is 1. The van der Waals surface area contributed by atoms with Crippen molar-refractivity contribution in [2.24, 2.45) is 0 Å². The minimum Gasteiger partial charge on any atom is -0.491 e. The molecule has 0 saturated heterocycles. The number of carbonyl (C=O) groups excluding carboxylic acids is 1. The maximum absolute atomic E-state index is 13.7. The number of rotatable bonds is 7. The second-order valence-electron chi connectivity index (χ2n) is 7.76. The molecule has 1 N–H and O–H groups in total. The normalized spacial score (nSPS) is 13.1. The van der Waals surface area contributed by atoms with Gasteiger partial charge < -0.3 is 19.7 Å². The molecule has 4 rings (SSSR count). The van der Waals surface area contributed by atoms with Crippen molar-refractivity contribution in [2.75, 3.05) is 19.7 Å². The second kappa shape index (κ2) is 10.8. The summed E-state index contributed by atoms with van der Waals surface area (Å²) in [4.78, 5) is 14.5. The fourth-order valence-electron chi connectivity index (χ4n) is 3.68. The monoisotopic (exact) mass is 434 g/mol. The van der Waals surface area contributed by atoms with Crippen LogP contribution in [0, 0.1) is 5.82 Å². The summed E-state index contributed by atoms with van der Waals surface area (Å²) >= 11 is 0. The van der Waals surface area contributed by atoms with Crippen LogP contribution in [-0.4, -0.2) is 30.6 Å². The molecule has 0 radical (unpaired) electrons. The van der Waals surface area contributed by atoms with E-state index < -0.39 is 0 Å². The third-order valence-electron chi connectivity index (χ3n) is 5.41. The first-order chi connectivity index (χ1) is 15.7. The van der Waals surface area contributed by atoms with Gasteiger partial charge in [0.25, 0.3) is 0 Å². The highest BCUT2D eigenvalue weighted by molar-refractivity contribution is 5.74. The zero-order chi connectivity index (χ0) is 22.2. The molecule has 0 fully saturated rings. The summed E-state index contributed by atoms with van der Waals surface area (Å²) in [7, 11) is 0. The highest BCUT2D eigenvalue weighted by atomic mass is 19.1. The number of hydrogen-bond donors (Lipinski definition) is 1. The summed E-state index contributed by atoms with van der Waals surface area (Å²) in [6.07, 6.45) is 0.789. The largest absolute Gasteiger partial charge is 0.491 e. The lowest BCUT2D eigenvalue weighted by Gasteiger charge is -2.20. The molecule has 0 bridgehead atoms. The molecule has 2 amide bonds. The first-order valence-electron chi connectivity index (χ1n) is 10.8. The van der Waals surface area contributed by atoms with E-state index >= 15 is 0 Å². The van der Waals surface area contributed by atoms with Gasteiger partial charge in [0.05, 0.1) is 26.3 Å². The molecule has 1 aliphatic rings. The van der Waals surface area contributed by atoms with E-state index in [0.29, 0.717) is 38.4 Å². The van der Waals surface area contributed by atoms with Crippen molar-refractivity contribution in [3.05, 3.63) is 101 Å². The Bertz CT molecular complexity index is 1040. The average Bonchev–Trinajstić information content (AvgIpc) is 3.03. The minimum absolute atomic E-state index is 0.0985. The van der Waals surface area contributed by atoms with Crippen LogP contribution < -0.4 is 10.1 Å². The first kappa shape index (κ1) is 21.8. The fraction of sp³-hybridized carbons (Fsp3) is 0.269. The molecular weight excluding hydrogens is 407 g/mol. The number of carbonyl (C=O) groups is 1. The maximum atomic E-state index is 13.7.